The van der Waals surface area contributed by atoms with Crippen LogP contribution < -0.4 is 0 Å². The second-order valence-electron chi connectivity index (χ2n) is 4.13. The molecule has 0 saturated heterocycles. The van der Waals surface area contributed by atoms with E-state index in [9.17, 15) is 21.0 Å². The van der Waals surface area contributed by atoms with Crippen LogP contribution in [-0.4, -0.2) is 0 Å². The maximum absolute atomic E-state index is 9.17. The van der Waals surface area contributed by atoms with Gasteiger partial charge in [-0.05, 0) is 12.8 Å². The van der Waals surface area contributed by atoms with E-state index in [1.165, 1.54) is 0 Å². The highest BCUT2D eigenvalue weighted by Crippen LogP contribution is 2.80. The number of hydrogen-bond donors (Lipinski definition) is 0. The Morgan fingerprint density at radius 3 is 1.38 bits per heavy atom. The van der Waals surface area contributed by atoms with E-state index < -0.39 is 16.2 Å². The molecule has 0 radical (unpaired) electrons. The predicted molar refractivity (Wildman–Crippen MR) is 55.0 cm³/mol. The minimum atomic E-state index is -1.45. The van der Waals surface area contributed by atoms with Gasteiger partial charge in [0.25, 0.3) is 0 Å². The smallest absolute Gasteiger partial charge is 0.184 e. The highest BCUT2D eigenvalue weighted by molar-refractivity contribution is 5.55. The predicted octanol–water partition coefficient (Wildman–Crippen LogP) is 2.26. The Kier molecular flexibility index (Phi) is 2.64. The lowest BCUT2D eigenvalue weighted by Gasteiger charge is -2.13. The molecule has 4 nitrogen and oxygen atoms in total. The van der Waals surface area contributed by atoms with Crippen LogP contribution in [0.25, 0.3) is 0 Å². The van der Waals surface area contributed by atoms with Gasteiger partial charge in [-0.25, -0.2) is 0 Å². The van der Waals surface area contributed by atoms with Crippen molar-refractivity contribution in [1.82, 2.24) is 0 Å². The molecule has 0 atom stereocenters. The van der Waals surface area contributed by atoms with Crippen LogP contribution >= 0.6 is 0 Å². The summed E-state index contributed by atoms with van der Waals surface area (Å²) in [4.78, 5) is 0. The lowest BCUT2D eigenvalue weighted by molar-refractivity contribution is 0.369. The number of rotatable bonds is 3. The maximum Gasteiger partial charge on any atom is 0.184 e. The number of nitriles is 4. The first-order valence-electron chi connectivity index (χ1n) is 5.27. The first kappa shape index (κ1) is 12.0. The molecule has 4 heteroatoms. The monoisotopic (exact) mass is 212 g/mol. The summed E-state index contributed by atoms with van der Waals surface area (Å²) < 4.78 is 0. The van der Waals surface area contributed by atoms with Crippen LogP contribution in [0.4, 0.5) is 0 Å². The van der Waals surface area contributed by atoms with Crippen molar-refractivity contribution in [1.29, 1.82) is 21.0 Å². The van der Waals surface area contributed by atoms with E-state index in [2.05, 4.69) is 0 Å². The Morgan fingerprint density at radius 1 is 0.812 bits per heavy atom. The van der Waals surface area contributed by atoms with E-state index in [1.807, 2.05) is 38.1 Å². The van der Waals surface area contributed by atoms with Gasteiger partial charge in [-0.2, -0.15) is 21.0 Å². The SMILES string of the molecule is CCCC1(CC)C(C#N)(C#N)C1(C#N)C#N. The van der Waals surface area contributed by atoms with Gasteiger partial charge in [-0.1, -0.05) is 20.3 Å². The van der Waals surface area contributed by atoms with Gasteiger partial charge in [-0.15, -0.1) is 0 Å². The van der Waals surface area contributed by atoms with E-state index in [0.29, 0.717) is 12.8 Å². The van der Waals surface area contributed by atoms with Gasteiger partial charge in [0.1, 0.15) is 0 Å². The molecular formula is C12H12N4. The zero-order valence-corrected chi connectivity index (χ0v) is 9.41. The molecule has 0 unspecified atom stereocenters. The van der Waals surface area contributed by atoms with E-state index in [0.717, 1.165) is 6.42 Å². The van der Waals surface area contributed by atoms with Crippen molar-refractivity contribution in [2.24, 2.45) is 16.2 Å². The molecule has 0 aliphatic heterocycles. The Labute approximate surface area is 95.3 Å². The number of hydrogen-bond acceptors (Lipinski definition) is 4. The first-order chi connectivity index (χ1) is 7.61. The van der Waals surface area contributed by atoms with Crippen LogP contribution in [0.1, 0.15) is 33.1 Å². The summed E-state index contributed by atoms with van der Waals surface area (Å²) in [5, 5.41) is 36.7. The van der Waals surface area contributed by atoms with Crippen molar-refractivity contribution in [2.75, 3.05) is 0 Å². The van der Waals surface area contributed by atoms with Crippen molar-refractivity contribution >= 4 is 0 Å². The highest BCUT2D eigenvalue weighted by atomic mass is 14.8. The zero-order chi connectivity index (χ0) is 12.4. The van der Waals surface area contributed by atoms with Crippen LogP contribution in [0.2, 0.25) is 0 Å². The largest absolute Gasteiger partial charge is 0.196 e. The van der Waals surface area contributed by atoms with E-state index in [1.54, 1.807) is 0 Å². The second kappa shape index (κ2) is 3.52. The van der Waals surface area contributed by atoms with Gasteiger partial charge in [0.15, 0.2) is 10.8 Å². The summed E-state index contributed by atoms with van der Waals surface area (Å²) >= 11 is 0. The fourth-order valence-electron chi connectivity index (χ4n) is 3.01. The van der Waals surface area contributed by atoms with Crippen LogP contribution in [-0.2, 0) is 0 Å². The summed E-state index contributed by atoms with van der Waals surface area (Å²) in [5.74, 6) is 0. The van der Waals surface area contributed by atoms with Gasteiger partial charge >= 0.3 is 0 Å². The van der Waals surface area contributed by atoms with Gasteiger partial charge in [0, 0.05) is 5.41 Å². The Morgan fingerprint density at radius 2 is 1.19 bits per heavy atom. The molecule has 0 spiro atoms. The third-order valence-electron chi connectivity index (χ3n) is 3.89. The van der Waals surface area contributed by atoms with E-state index in [-0.39, 0.29) is 0 Å². The maximum atomic E-state index is 9.17. The Balaban J connectivity index is 3.45. The van der Waals surface area contributed by atoms with Crippen molar-refractivity contribution < 1.29 is 0 Å². The van der Waals surface area contributed by atoms with E-state index in [4.69, 9.17) is 0 Å². The molecule has 0 aromatic carbocycles. The van der Waals surface area contributed by atoms with Crippen LogP contribution in [0.15, 0.2) is 0 Å². The molecule has 1 aliphatic rings. The van der Waals surface area contributed by atoms with Gasteiger partial charge in [-0.3, -0.25) is 0 Å². The summed E-state index contributed by atoms with van der Waals surface area (Å²) in [5.41, 5.74) is -3.68. The lowest BCUT2D eigenvalue weighted by atomic mass is 9.86. The average Bonchev–Trinajstić information content (AvgIpc) is 2.86. The first-order valence-corrected chi connectivity index (χ1v) is 5.27. The summed E-state index contributed by atoms with van der Waals surface area (Å²) in [6.07, 6.45) is 1.82. The molecule has 0 bridgehead atoms. The topological polar surface area (TPSA) is 95.2 Å². The molecule has 1 fully saturated rings. The lowest BCUT2D eigenvalue weighted by Crippen LogP contribution is -2.10. The van der Waals surface area contributed by atoms with Crippen LogP contribution in [0, 0.1) is 61.6 Å². The molecule has 80 valence electrons. The van der Waals surface area contributed by atoms with Crippen molar-refractivity contribution in [3.05, 3.63) is 0 Å². The molecule has 0 aromatic rings. The van der Waals surface area contributed by atoms with Crippen molar-refractivity contribution in [2.45, 2.75) is 33.1 Å². The fraction of sp³-hybridized carbons (Fsp3) is 0.667. The van der Waals surface area contributed by atoms with Crippen molar-refractivity contribution in [3.63, 3.8) is 0 Å². The summed E-state index contributed by atoms with van der Waals surface area (Å²) in [6, 6.07) is 7.66. The average molecular weight is 212 g/mol. The normalized spacial score (nSPS) is 21.9. The third kappa shape index (κ3) is 0.816. The molecule has 1 rings (SSSR count). The quantitative estimate of drug-likeness (QED) is 0.716. The van der Waals surface area contributed by atoms with Gasteiger partial charge in [0.05, 0.1) is 24.3 Å². The molecule has 0 heterocycles. The Hall–Kier alpha value is -2.04. The van der Waals surface area contributed by atoms with Crippen molar-refractivity contribution in [3.8, 4) is 24.3 Å². The zero-order valence-electron chi connectivity index (χ0n) is 9.41. The molecule has 0 N–H and O–H groups in total. The highest BCUT2D eigenvalue weighted by Gasteiger charge is 2.90. The standard InChI is InChI=1S/C12H12N4/c1-3-5-10(4-2)11(6-13,7-14)12(10,8-15)9-16/h3-5H2,1-2H3. The fourth-order valence-corrected chi connectivity index (χ4v) is 3.01. The minimum Gasteiger partial charge on any atom is -0.196 e. The number of nitrogens with zero attached hydrogens (tertiary/aromatic N) is 4. The second-order valence-corrected chi connectivity index (χ2v) is 4.13. The Bertz CT molecular complexity index is 397. The summed E-state index contributed by atoms with van der Waals surface area (Å²) in [6.45, 7) is 3.75. The third-order valence-corrected chi connectivity index (χ3v) is 3.89. The summed E-state index contributed by atoms with van der Waals surface area (Å²) in [7, 11) is 0. The molecule has 16 heavy (non-hydrogen) atoms. The molecule has 1 saturated carbocycles. The van der Waals surface area contributed by atoms with Crippen LogP contribution in [0.3, 0.4) is 0 Å². The molecular weight excluding hydrogens is 200 g/mol. The van der Waals surface area contributed by atoms with Gasteiger partial charge < -0.3 is 0 Å². The minimum absolute atomic E-state index is 0.503. The molecule has 1 aliphatic carbocycles. The van der Waals surface area contributed by atoms with E-state index >= 15 is 0 Å². The van der Waals surface area contributed by atoms with Gasteiger partial charge in [0.2, 0.25) is 0 Å². The van der Waals surface area contributed by atoms with Crippen LogP contribution in [0.5, 0.6) is 0 Å². The molecule has 0 aromatic heterocycles. The molecule has 0 amide bonds.